The average molecular weight is 593 g/mol. The summed E-state index contributed by atoms with van der Waals surface area (Å²) in [5.41, 5.74) is 6.75. The van der Waals surface area contributed by atoms with Gasteiger partial charge in [-0.3, -0.25) is 0 Å². The van der Waals surface area contributed by atoms with E-state index in [1.165, 1.54) is 23.5 Å². The van der Waals surface area contributed by atoms with Gasteiger partial charge in [0.25, 0.3) is 0 Å². The van der Waals surface area contributed by atoms with E-state index in [9.17, 15) is 0 Å². The minimum Gasteiger partial charge on any atom is -0.361 e. The fraction of sp³-hybridized carbons (Fsp3) is 0.548. The van der Waals surface area contributed by atoms with Crippen LogP contribution in [0.2, 0.25) is 51.4 Å². The summed E-state index contributed by atoms with van der Waals surface area (Å²) >= 11 is 0. The molecule has 0 amide bonds. The van der Waals surface area contributed by atoms with Gasteiger partial charge in [0.2, 0.25) is 0 Å². The van der Waals surface area contributed by atoms with Crippen molar-refractivity contribution in [2.45, 2.75) is 78.7 Å². The van der Waals surface area contributed by atoms with Crippen LogP contribution < -0.4 is 9.80 Å². The first-order valence-corrected chi connectivity index (χ1v) is 22.4. The highest BCUT2D eigenvalue weighted by Gasteiger charge is 2.23. The van der Waals surface area contributed by atoms with Gasteiger partial charge in [0.1, 0.15) is 25.1 Å². The average Bonchev–Trinajstić information content (AvgIpc) is 3.58. The maximum atomic E-state index is 6.04. The lowest BCUT2D eigenvalue weighted by molar-refractivity contribution is 0.0884. The molecule has 2 aromatic carbocycles. The fourth-order valence-corrected chi connectivity index (χ4v) is 6.79. The summed E-state index contributed by atoms with van der Waals surface area (Å²) in [5, 5.41) is 0. The third-order valence-corrected chi connectivity index (χ3v) is 11.4. The lowest BCUT2D eigenvalue weighted by Crippen LogP contribution is -2.24. The highest BCUT2D eigenvalue weighted by molar-refractivity contribution is 6.76. The fourth-order valence-electron chi connectivity index (χ4n) is 5.28. The maximum absolute atomic E-state index is 6.04. The van der Waals surface area contributed by atoms with E-state index in [4.69, 9.17) is 19.4 Å². The zero-order valence-corrected chi connectivity index (χ0v) is 28.3. The smallest absolute Gasteiger partial charge is 0.124 e. The Labute approximate surface area is 247 Å². The number of imidazole rings is 2. The first kappa shape index (κ1) is 29.8. The third kappa shape index (κ3) is 7.22. The highest BCUT2D eigenvalue weighted by Crippen LogP contribution is 2.29. The second-order valence-corrected chi connectivity index (χ2v) is 25.1. The Morgan fingerprint density at radius 3 is 1.46 bits per heavy atom. The zero-order valence-electron chi connectivity index (χ0n) is 26.3. The summed E-state index contributed by atoms with van der Waals surface area (Å²) in [6.45, 7) is 24.0. The van der Waals surface area contributed by atoms with E-state index < -0.39 is 16.1 Å². The molecule has 3 heterocycles. The molecule has 0 N–H and O–H groups in total. The molecule has 222 valence electrons. The summed E-state index contributed by atoms with van der Waals surface area (Å²) in [6, 6.07) is 15.6. The largest absolute Gasteiger partial charge is 0.361 e. The number of aryl methyl sites for hydroxylation is 2. The van der Waals surface area contributed by atoms with E-state index in [1.54, 1.807) is 0 Å². The minimum absolute atomic E-state index is 0.561. The lowest BCUT2D eigenvalue weighted by Gasteiger charge is -2.21. The van der Waals surface area contributed by atoms with Crippen molar-refractivity contribution < 1.29 is 9.47 Å². The van der Waals surface area contributed by atoms with Gasteiger partial charge in [-0.1, -0.05) is 39.3 Å². The van der Waals surface area contributed by atoms with Crippen molar-refractivity contribution in [2.24, 2.45) is 0 Å². The van der Waals surface area contributed by atoms with Crippen molar-refractivity contribution in [1.29, 1.82) is 0 Å². The Bertz CT molecular complexity index is 1390. The van der Waals surface area contributed by atoms with E-state index in [1.807, 2.05) is 0 Å². The molecular formula is C31H48N6O2Si2. The number of fused-ring (bicyclic) bond motifs is 2. The van der Waals surface area contributed by atoms with Gasteiger partial charge < -0.3 is 28.4 Å². The topological polar surface area (TPSA) is 60.6 Å². The molecule has 10 heteroatoms. The molecule has 0 unspecified atom stereocenters. The van der Waals surface area contributed by atoms with Gasteiger partial charge in [0.05, 0.1) is 28.7 Å². The molecular weight excluding hydrogens is 545 g/mol. The second-order valence-electron chi connectivity index (χ2n) is 13.9. The first-order valence-electron chi connectivity index (χ1n) is 15.0. The Balaban J connectivity index is 1.23. The molecule has 1 aliphatic heterocycles. The number of anilines is 2. The molecule has 2 aromatic heterocycles. The summed E-state index contributed by atoms with van der Waals surface area (Å²) in [4.78, 5) is 14.6. The van der Waals surface area contributed by atoms with E-state index >= 15 is 0 Å². The van der Waals surface area contributed by atoms with Crippen LogP contribution in [0.4, 0.5) is 11.4 Å². The second kappa shape index (κ2) is 11.9. The highest BCUT2D eigenvalue weighted by atomic mass is 28.3. The quantitative estimate of drug-likeness (QED) is 0.132. The van der Waals surface area contributed by atoms with Crippen LogP contribution in [0.3, 0.4) is 0 Å². The molecule has 0 aliphatic carbocycles. The first-order chi connectivity index (χ1) is 19.4. The Hall–Kier alpha value is -2.67. The Kier molecular flexibility index (Phi) is 8.66. The van der Waals surface area contributed by atoms with Crippen LogP contribution in [0.5, 0.6) is 0 Å². The number of hydrogen-bond acceptors (Lipinski definition) is 6. The molecule has 41 heavy (non-hydrogen) atoms. The molecule has 5 rings (SSSR count). The van der Waals surface area contributed by atoms with Crippen LogP contribution in [0.25, 0.3) is 22.1 Å². The van der Waals surface area contributed by atoms with Crippen LogP contribution in [0.1, 0.15) is 11.6 Å². The van der Waals surface area contributed by atoms with Crippen molar-refractivity contribution >= 4 is 49.6 Å². The number of aromatic nitrogens is 4. The number of nitrogens with zero attached hydrogens (tertiary/aromatic N) is 6. The van der Waals surface area contributed by atoms with Gasteiger partial charge in [0, 0.05) is 53.8 Å². The molecule has 0 saturated carbocycles. The molecule has 1 aliphatic rings. The monoisotopic (exact) mass is 592 g/mol. The van der Waals surface area contributed by atoms with Crippen LogP contribution in [-0.4, -0.2) is 68.2 Å². The SMILES string of the molecule is Cc1nc2cc(N3CCN(c4ccc5c(c4)nc(C)n5COCC[Si](C)(C)C)C3)ccc2n1COCC[Si](C)(C)C. The Morgan fingerprint density at radius 1 is 0.659 bits per heavy atom. The van der Waals surface area contributed by atoms with Crippen molar-refractivity contribution in [3.8, 4) is 0 Å². The van der Waals surface area contributed by atoms with Gasteiger partial charge in [-0.2, -0.15) is 0 Å². The maximum Gasteiger partial charge on any atom is 0.124 e. The van der Waals surface area contributed by atoms with Gasteiger partial charge in [0.15, 0.2) is 0 Å². The molecule has 0 atom stereocenters. The predicted octanol–water partition coefficient (Wildman–Crippen LogP) is 6.91. The standard InChI is InChI=1S/C31H48N6O2Si2/c1-24-32-28-19-26(9-11-30(28)36(24)22-38-15-17-40(3,4)5)34-13-14-35(21-34)27-10-12-31-29(20-27)33-25(2)37(31)23-39-16-18-41(6,7)8/h9-12,19-20H,13-18,21-23H2,1-8H3. The summed E-state index contributed by atoms with van der Waals surface area (Å²) in [7, 11) is -2.19. The van der Waals surface area contributed by atoms with Crippen LogP contribution in [0.15, 0.2) is 36.4 Å². The van der Waals surface area contributed by atoms with Gasteiger partial charge >= 0.3 is 0 Å². The van der Waals surface area contributed by atoms with Gasteiger partial charge in [-0.25, -0.2) is 9.97 Å². The van der Waals surface area contributed by atoms with E-state index in [2.05, 4.69) is 108 Å². The molecule has 8 nitrogen and oxygen atoms in total. The normalized spacial score (nSPS) is 14.7. The van der Waals surface area contributed by atoms with Crippen molar-refractivity contribution in [1.82, 2.24) is 19.1 Å². The van der Waals surface area contributed by atoms with Gasteiger partial charge in [-0.05, 0) is 62.3 Å². The van der Waals surface area contributed by atoms with E-state index in [0.29, 0.717) is 13.5 Å². The number of hydrogen-bond donors (Lipinski definition) is 0. The minimum atomic E-state index is -1.09. The Morgan fingerprint density at radius 2 is 1.07 bits per heavy atom. The number of rotatable bonds is 12. The number of benzene rings is 2. The van der Waals surface area contributed by atoms with Crippen molar-refractivity contribution in [3.63, 3.8) is 0 Å². The lowest BCUT2D eigenvalue weighted by atomic mass is 10.2. The molecule has 1 saturated heterocycles. The third-order valence-electron chi connectivity index (χ3n) is 7.99. The summed E-state index contributed by atoms with van der Waals surface area (Å²) < 4.78 is 16.5. The molecule has 0 spiro atoms. The molecule has 0 bridgehead atoms. The predicted molar refractivity (Wildman–Crippen MR) is 177 cm³/mol. The molecule has 1 fully saturated rings. The number of ether oxygens (including phenoxy) is 2. The van der Waals surface area contributed by atoms with Crippen LogP contribution >= 0.6 is 0 Å². The molecule has 0 radical (unpaired) electrons. The molecule has 4 aromatic rings. The zero-order chi connectivity index (χ0) is 29.4. The van der Waals surface area contributed by atoms with Crippen molar-refractivity contribution in [2.75, 3.05) is 42.8 Å². The van der Waals surface area contributed by atoms with Crippen LogP contribution in [0, 0.1) is 13.8 Å². The van der Waals surface area contributed by atoms with Crippen LogP contribution in [-0.2, 0) is 22.9 Å². The van der Waals surface area contributed by atoms with E-state index in [-0.39, 0.29) is 0 Å². The van der Waals surface area contributed by atoms with Crippen molar-refractivity contribution in [3.05, 3.63) is 48.0 Å². The van der Waals surface area contributed by atoms with E-state index in [0.717, 1.165) is 66.7 Å². The van der Waals surface area contributed by atoms with Gasteiger partial charge in [-0.15, -0.1) is 0 Å². The summed E-state index contributed by atoms with van der Waals surface area (Å²) in [5.74, 6) is 2.00. The summed E-state index contributed by atoms with van der Waals surface area (Å²) in [6.07, 6.45) is 0.